The Balaban J connectivity index is 3.06. The molecule has 0 unspecified atom stereocenters. The van der Waals surface area contributed by atoms with E-state index in [0.717, 1.165) is 12.0 Å². The minimum absolute atomic E-state index is 0.0842. The van der Waals surface area contributed by atoms with E-state index in [4.69, 9.17) is 5.11 Å². The standard InChI is InChI=1S/C4H8O3S/c1-8-7-4(6)2-3-5/h5H,2-3H2,1H3. The highest BCUT2D eigenvalue weighted by atomic mass is 32.2. The van der Waals surface area contributed by atoms with Crippen LogP contribution in [0.2, 0.25) is 0 Å². The second-order valence-electron chi connectivity index (χ2n) is 1.10. The Labute approximate surface area is 52.2 Å². The normalized spacial score (nSPS) is 8.75. The second kappa shape index (κ2) is 4.93. The third-order valence-corrected chi connectivity index (χ3v) is 0.845. The molecule has 8 heavy (non-hydrogen) atoms. The van der Waals surface area contributed by atoms with Crippen LogP contribution in [-0.2, 0) is 8.98 Å². The van der Waals surface area contributed by atoms with Crippen LogP contribution in [0, 0.1) is 0 Å². The van der Waals surface area contributed by atoms with Crippen molar-refractivity contribution in [2.45, 2.75) is 6.42 Å². The number of hydrogen-bond donors (Lipinski definition) is 1. The van der Waals surface area contributed by atoms with Gasteiger partial charge >= 0.3 is 5.97 Å². The predicted molar refractivity (Wildman–Crippen MR) is 31.3 cm³/mol. The van der Waals surface area contributed by atoms with Crippen LogP contribution >= 0.6 is 12.0 Å². The summed E-state index contributed by atoms with van der Waals surface area (Å²) < 4.78 is 4.40. The van der Waals surface area contributed by atoms with Gasteiger partial charge in [-0.3, -0.25) is 4.79 Å². The number of carbonyl (C=O) groups excluding carboxylic acids is 1. The van der Waals surface area contributed by atoms with Crippen molar-refractivity contribution >= 4 is 18.0 Å². The van der Waals surface area contributed by atoms with Gasteiger partial charge in [0.15, 0.2) is 0 Å². The van der Waals surface area contributed by atoms with Gasteiger partial charge in [-0.2, -0.15) is 0 Å². The minimum atomic E-state index is -0.375. The van der Waals surface area contributed by atoms with Gasteiger partial charge in [0.1, 0.15) is 0 Å². The van der Waals surface area contributed by atoms with Crippen LogP contribution in [0.3, 0.4) is 0 Å². The molecule has 0 amide bonds. The number of carbonyl (C=O) groups is 1. The van der Waals surface area contributed by atoms with Crippen LogP contribution in [-0.4, -0.2) is 23.9 Å². The first-order valence-electron chi connectivity index (χ1n) is 2.15. The molecule has 0 heterocycles. The summed E-state index contributed by atoms with van der Waals surface area (Å²) in [7, 11) is 0. The molecule has 4 heteroatoms. The SMILES string of the molecule is CSOC(=O)CCO. The zero-order valence-electron chi connectivity index (χ0n) is 4.59. The summed E-state index contributed by atoms with van der Waals surface area (Å²) in [5, 5.41) is 8.15. The zero-order valence-corrected chi connectivity index (χ0v) is 5.40. The quantitative estimate of drug-likeness (QED) is 0.562. The Morgan fingerprint density at radius 2 is 2.50 bits per heavy atom. The molecule has 1 N–H and O–H groups in total. The van der Waals surface area contributed by atoms with Crippen molar-refractivity contribution in [3.8, 4) is 0 Å². The smallest absolute Gasteiger partial charge is 0.320 e. The average molecular weight is 136 g/mol. The molecule has 0 atom stereocenters. The molecule has 0 radical (unpaired) electrons. The van der Waals surface area contributed by atoms with Crippen LogP contribution < -0.4 is 0 Å². The van der Waals surface area contributed by atoms with E-state index < -0.39 is 0 Å². The van der Waals surface area contributed by atoms with Gasteiger partial charge in [-0.25, -0.2) is 0 Å². The molecule has 0 aromatic carbocycles. The van der Waals surface area contributed by atoms with E-state index in [1.165, 1.54) is 0 Å². The van der Waals surface area contributed by atoms with Gasteiger partial charge in [0, 0.05) is 6.26 Å². The largest absolute Gasteiger partial charge is 0.396 e. The van der Waals surface area contributed by atoms with E-state index in [-0.39, 0.29) is 19.0 Å². The van der Waals surface area contributed by atoms with Crippen LogP contribution in [0.15, 0.2) is 0 Å². The summed E-state index contributed by atoms with van der Waals surface area (Å²) in [4.78, 5) is 10.2. The van der Waals surface area contributed by atoms with Crippen LogP contribution in [0.1, 0.15) is 6.42 Å². The Hall–Kier alpha value is -0.220. The Kier molecular flexibility index (Phi) is 4.79. The fraction of sp³-hybridized carbons (Fsp3) is 0.750. The summed E-state index contributed by atoms with van der Waals surface area (Å²) in [6.07, 6.45) is 1.73. The third-order valence-electron chi connectivity index (χ3n) is 0.492. The first-order chi connectivity index (χ1) is 3.81. The zero-order chi connectivity index (χ0) is 6.41. The molecule has 0 aromatic rings. The number of aliphatic hydroxyl groups is 1. The van der Waals surface area contributed by atoms with Crippen molar-refractivity contribution in [1.82, 2.24) is 0 Å². The van der Waals surface area contributed by atoms with Gasteiger partial charge in [-0.15, -0.1) is 0 Å². The molecule has 0 fully saturated rings. The highest BCUT2D eigenvalue weighted by molar-refractivity contribution is 7.94. The molecule has 48 valence electrons. The lowest BCUT2D eigenvalue weighted by Gasteiger charge is -1.93. The fourth-order valence-corrected chi connectivity index (χ4v) is 0.495. The third kappa shape index (κ3) is 3.95. The van der Waals surface area contributed by atoms with Gasteiger partial charge in [0.05, 0.1) is 25.1 Å². The van der Waals surface area contributed by atoms with Crippen LogP contribution in [0.25, 0.3) is 0 Å². The molecular formula is C4H8O3S. The molecule has 0 bridgehead atoms. The van der Waals surface area contributed by atoms with Crippen molar-refractivity contribution in [3.63, 3.8) is 0 Å². The Morgan fingerprint density at radius 1 is 1.88 bits per heavy atom. The molecule has 0 saturated carbocycles. The van der Waals surface area contributed by atoms with Gasteiger partial charge in [0.25, 0.3) is 0 Å². The van der Waals surface area contributed by atoms with E-state index in [9.17, 15) is 4.79 Å². The topological polar surface area (TPSA) is 46.5 Å². The fourth-order valence-electron chi connectivity index (χ4n) is 0.226. The molecule has 0 aliphatic rings. The van der Waals surface area contributed by atoms with Crippen LogP contribution in [0.5, 0.6) is 0 Å². The van der Waals surface area contributed by atoms with Gasteiger partial charge in [-0.1, -0.05) is 0 Å². The molecule has 0 spiro atoms. The van der Waals surface area contributed by atoms with E-state index in [1.807, 2.05) is 0 Å². The van der Waals surface area contributed by atoms with E-state index in [1.54, 1.807) is 6.26 Å². The number of aliphatic hydroxyl groups excluding tert-OH is 1. The van der Waals surface area contributed by atoms with Crippen molar-refractivity contribution in [3.05, 3.63) is 0 Å². The summed E-state index contributed by atoms with van der Waals surface area (Å²) in [6, 6.07) is 0. The molecule has 3 nitrogen and oxygen atoms in total. The van der Waals surface area contributed by atoms with Gasteiger partial charge in [0.2, 0.25) is 0 Å². The molecule has 0 aromatic heterocycles. The molecule has 0 saturated heterocycles. The van der Waals surface area contributed by atoms with Crippen LogP contribution in [0.4, 0.5) is 0 Å². The Morgan fingerprint density at radius 3 is 2.88 bits per heavy atom. The summed E-state index contributed by atoms with van der Waals surface area (Å²) in [5.74, 6) is -0.375. The molecular weight excluding hydrogens is 128 g/mol. The van der Waals surface area contributed by atoms with E-state index >= 15 is 0 Å². The van der Waals surface area contributed by atoms with Crippen molar-refractivity contribution in [1.29, 1.82) is 0 Å². The lowest BCUT2D eigenvalue weighted by atomic mass is 10.5. The summed E-state index contributed by atoms with van der Waals surface area (Å²) >= 11 is 0.989. The summed E-state index contributed by atoms with van der Waals surface area (Å²) in [5.41, 5.74) is 0. The highest BCUT2D eigenvalue weighted by Gasteiger charge is 1.97. The van der Waals surface area contributed by atoms with E-state index in [2.05, 4.69) is 4.18 Å². The summed E-state index contributed by atoms with van der Waals surface area (Å²) in [6.45, 7) is -0.139. The van der Waals surface area contributed by atoms with Crippen molar-refractivity contribution in [2.75, 3.05) is 12.9 Å². The minimum Gasteiger partial charge on any atom is -0.396 e. The highest BCUT2D eigenvalue weighted by Crippen LogP contribution is 1.96. The molecule has 0 aliphatic heterocycles. The lowest BCUT2D eigenvalue weighted by molar-refractivity contribution is -0.133. The maximum absolute atomic E-state index is 10.2. The van der Waals surface area contributed by atoms with Crippen molar-refractivity contribution < 1.29 is 14.1 Å². The number of hydrogen-bond acceptors (Lipinski definition) is 4. The lowest BCUT2D eigenvalue weighted by Crippen LogP contribution is -2.00. The molecule has 0 aliphatic carbocycles. The predicted octanol–water partition coefficient (Wildman–Crippen LogP) is 0.190. The maximum Gasteiger partial charge on any atom is 0.320 e. The van der Waals surface area contributed by atoms with Crippen molar-refractivity contribution in [2.24, 2.45) is 0 Å². The first kappa shape index (κ1) is 7.78. The van der Waals surface area contributed by atoms with E-state index in [0.29, 0.717) is 0 Å². The molecule has 0 rings (SSSR count). The first-order valence-corrected chi connectivity index (χ1v) is 3.30. The Bertz CT molecular complexity index is 65.7. The second-order valence-corrected chi connectivity index (χ2v) is 1.60. The number of rotatable bonds is 3. The maximum atomic E-state index is 10.2. The van der Waals surface area contributed by atoms with Gasteiger partial charge < -0.3 is 9.29 Å². The monoisotopic (exact) mass is 136 g/mol. The van der Waals surface area contributed by atoms with Gasteiger partial charge in [-0.05, 0) is 0 Å². The average Bonchev–Trinajstić information content (AvgIpc) is 1.68.